The SMILES string of the molecule is C/C1=C/C[C@@H](/C(C)=C/c2csc(C)n2)OC(=O)C[C@H](O)C(C)(C)S[C@H](C)[C@@H](O)[C@@H](C)CCC1. The van der Waals surface area contributed by atoms with Gasteiger partial charge in [-0.05, 0) is 71.4 Å². The molecule has 0 fully saturated rings. The number of thiazole rings is 1. The second-order valence-corrected chi connectivity index (χ2v) is 13.0. The molecular formula is C26H41NO4S2. The molecule has 1 aromatic heterocycles. The smallest absolute Gasteiger partial charge is 0.309 e. The van der Waals surface area contributed by atoms with Gasteiger partial charge in [0.25, 0.3) is 0 Å². The van der Waals surface area contributed by atoms with E-state index >= 15 is 0 Å². The van der Waals surface area contributed by atoms with E-state index in [1.807, 2.05) is 46.1 Å². The number of aryl methyl sites for hydroxylation is 1. The lowest BCUT2D eigenvalue weighted by molar-refractivity contribution is -0.149. The van der Waals surface area contributed by atoms with E-state index < -0.39 is 29.0 Å². The quantitative estimate of drug-likeness (QED) is 0.391. The molecule has 1 aromatic rings. The summed E-state index contributed by atoms with van der Waals surface area (Å²) in [4.78, 5) is 17.3. The summed E-state index contributed by atoms with van der Waals surface area (Å²) >= 11 is 3.13. The molecule has 0 unspecified atom stereocenters. The van der Waals surface area contributed by atoms with Crippen molar-refractivity contribution in [1.82, 2.24) is 4.98 Å². The largest absolute Gasteiger partial charge is 0.457 e. The van der Waals surface area contributed by atoms with Crippen LogP contribution in [-0.4, -0.2) is 49.5 Å². The lowest BCUT2D eigenvalue weighted by atomic mass is 9.94. The van der Waals surface area contributed by atoms with Gasteiger partial charge in [-0.2, -0.15) is 0 Å². The average molecular weight is 496 g/mol. The molecule has 0 amide bonds. The van der Waals surface area contributed by atoms with Crippen molar-refractivity contribution in [2.24, 2.45) is 5.92 Å². The zero-order valence-electron chi connectivity index (χ0n) is 21.1. The van der Waals surface area contributed by atoms with Crippen LogP contribution in [0.15, 0.2) is 22.6 Å². The third kappa shape index (κ3) is 8.85. The standard InChI is InChI=1S/C26H41NO4S2/c1-16-9-8-10-17(2)25(30)19(4)33-26(6,7)23(28)14-24(29)31-22(12-11-16)18(3)13-21-15-32-20(5)27-21/h11,13,15,17,19,22-23,25,28,30H,8-10,12,14H2,1-7H3/b16-11-,18-13+/t17-,19+,22-,23-,25-/m0/s1. The summed E-state index contributed by atoms with van der Waals surface area (Å²) in [7, 11) is 0. The maximum atomic E-state index is 12.8. The second-order valence-electron chi connectivity index (χ2n) is 9.95. The number of esters is 1. The first-order valence-electron chi connectivity index (χ1n) is 11.9. The maximum absolute atomic E-state index is 12.8. The number of aliphatic hydroxyl groups excluding tert-OH is 2. The van der Waals surface area contributed by atoms with Crippen LogP contribution in [0, 0.1) is 12.8 Å². The molecule has 0 saturated heterocycles. The number of hydrogen-bond donors (Lipinski definition) is 2. The molecular weight excluding hydrogens is 454 g/mol. The topological polar surface area (TPSA) is 79.7 Å². The van der Waals surface area contributed by atoms with Crippen molar-refractivity contribution in [2.75, 3.05) is 0 Å². The first-order chi connectivity index (χ1) is 15.4. The second kappa shape index (κ2) is 12.5. The van der Waals surface area contributed by atoms with Gasteiger partial charge in [-0.25, -0.2) is 4.98 Å². The van der Waals surface area contributed by atoms with Crippen molar-refractivity contribution >= 4 is 35.1 Å². The third-order valence-electron chi connectivity index (χ3n) is 6.42. The Kier molecular flexibility index (Phi) is 10.7. The zero-order chi connectivity index (χ0) is 24.8. The molecule has 1 aliphatic rings. The van der Waals surface area contributed by atoms with Gasteiger partial charge in [-0.15, -0.1) is 23.1 Å². The van der Waals surface area contributed by atoms with Gasteiger partial charge in [0.05, 0.1) is 29.3 Å². The van der Waals surface area contributed by atoms with Gasteiger partial charge in [-0.1, -0.05) is 25.5 Å². The summed E-state index contributed by atoms with van der Waals surface area (Å²) in [5, 5.41) is 24.6. The molecule has 2 rings (SSSR count). The van der Waals surface area contributed by atoms with E-state index in [2.05, 4.69) is 24.9 Å². The molecule has 186 valence electrons. The summed E-state index contributed by atoms with van der Waals surface area (Å²) in [5.74, 6) is -0.242. The van der Waals surface area contributed by atoms with Gasteiger partial charge < -0.3 is 14.9 Å². The van der Waals surface area contributed by atoms with Crippen molar-refractivity contribution < 1.29 is 19.7 Å². The van der Waals surface area contributed by atoms with Crippen LogP contribution >= 0.6 is 23.1 Å². The molecule has 5 nitrogen and oxygen atoms in total. The highest BCUT2D eigenvalue weighted by molar-refractivity contribution is 8.01. The molecule has 0 radical (unpaired) electrons. The van der Waals surface area contributed by atoms with E-state index in [1.165, 1.54) is 17.3 Å². The number of aliphatic hydroxyl groups is 2. The van der Waals surface area contributed by atoms with E-state index in [4.69, 9.17) is 4.74 Å². The summed E-state index contributed by atoms with van der Waals surface area (Å²) < 4.78 is 5.28. The van der Waals surface area contributed by atoms with Gasteiger partial charge in [0.2, 0.25) is 0 Å². The van der Waals surface area contributed by atoms with Crippen molar-refractivity contribution in [3.8, 4) is 0 Å². The molecule has 0 aliphatic carbocycles. The predicted octanol–water partition coefficient (Wildman–Crippen LogP) is 5.94. The molecule has 0 bridgehead atoms. The number of carbonyl (C=O) groups excluding carboxylic acids is 1. The van der Waals surface area contributed by atoms with Crippen LogP contribution in [0.5, 0.6) is 0 Å². The zero-order valence-corrected chi connectivity index (χ0v) is 22.8. The van der Waals surface area contributed by atoms with Crippen LogP contribution in [-0.2, 0) is 9.53 Å². The summed E-state index contributed by atoms with van der Waals surface area (Å²) in [6.07, 6.45) is 5.79. The lowest BCUT2D eigenvalue weighted by Gasteiger charge is -2.35. The maximum Gasteiger partial charge on any atom is 0.309 e. The summed E-state index contributed by atoms with van der Waals surface area (Å²) in [5.41, 5.74) is 3.07. The monoisotopic (exact) mass is 495 g/mol. The summed E-state index contributed by atoms with van der Waals surface area (Å²) in [6, 6.07) is 0. The minimum atomic E-state index is -0.878. The Balaban J connectivity index is 2.27. The number of rotatable bonds is 2. The van der Waals surface area contributed by atoms with Crippen molar-refractivity contribution in [3.63, 3.8) is 0 Å². The van der Waals surface area contributed by atoms with Gasteiger partial charge in [0.15, 0.2) is 0 Å². The molecule has 2 heterocycles. The van der Waals surface area contributed by atoms with Gasteiger partial charge in [-0.3, -0.25) is 4.79 Å². The normalized spacial score (nSPS) is 32.6. The van der Waals surface area contributed by atoms with Gasteiger partial charge in [0.1, 0.15) is 6.10 Å². The molecule has 5 atom stereocenters. The minimum Gasteiger partial charge on any atom is -0.457 e. The molecule has 33 heavy (non-hydrogen) atoms. The number of nitrogens with zero attached hydrogens (tertiary/aromatic N) is 1. The predicted molar refractivity (Wildman–Crippen MR) is 140 cm³/mol. The van der Waals surface area contributed by atoms with Crippen LogP contribution in [0.4, 0.5) is 0 Å². The molecule has 1 aliphatic heterocycles. The van der Waals surface area contributed by atoms with E-state index in [0.29, 0.717) is 6.42 Å². The fourth-order valence-corrected chi connectivity index (χ4v) is 6.26. The number of thioether (sulfide) groups is 1. The van der Waals surface area contributed by atoms with E-state index in [0.717, 1.165) is 35.5 Å². The molecule has 7 heteroatoms. The Labute approximate surface area is 207 Å². The fourth-order valence-electron chi connectivity index (χ4n) is 4.08. The number of cyclic esters (lactones) is 1. The molecule has 0 aromatic carbocycles. The van der Waals surface area contributed by atoms with Crippen molar-refractivity contribution in [1.29, 1.82) is 0 Å². The molecule has 0 spiro atoms. The number of hydrogen-bond acceptors (Lipinski definition) is 7. The van der Waals surface area contributed by atoms with Gasteiger partial charge in [0, 0.05) is 21.8 Å². The van der Waals surface area contributed by atoms with Crippen LogP contribution in [0.2, 0.25) is 0 Å². The number of allylic oxidation sites excluding steroid dienone is 1. The Morgan fingerprint density at radius 3 is 2.61 bits per heavy atom. The highest BCUT2D eigenvalue weighted by atomic mass is 32.2. The Hall–Kier alpha value is -1.15. The minimum absolute atomic E-state index is 0.0512. The molecule has 2 N–H and O–H groups in total. The lowest BCUT2D eigenvalue weighted by Crippen LogP contribution is -2.40. The third-order valence-corrected chi connectivity index (χ3v) is 8.74. The summed E-state index contributed by atoms with van der Waals surface area (Å²) in [6.45, 7) is 14.0. The van der Waals surface area contributed by atoms with Gasteiger partial charge >= 0.3 is 5.97 Å². The Bertz CT molecular complexity index is 845. The highest BCUT2D eigenvalue weighted by Crippen LogP contribution is 2.37. The fraction of sp³-hybridized carbons (Fsp3) is 0.692. The van der Waals surface area contributed by atoms with Crippen LogP contribution in [0.1, 0.15) is 84.3 Å². The van der Waals surface area contributed by atoms with Crippen molar-refractivity contribution in [2.45, 2.75) is 109 Å². The molecule has 0 saturated carbocycles. The van der Waals surface area contributed by atoms with E-state index in [-0.39, 0.29) is 17.6 Å². The number of carbonyl (C=O) groups is 1. The van der Waals surface area contributed by atoms with Crippen LogP contribution < -0.4 is 0 Å². The first-order valence-corrected chi connectivity index (χ1v) is 13.6. The number of aromatic nitrogens is 1. The highest BCUT2D eigenvalue weighted by Gasteiger charge is 2.35. The van der Waals surface area contributed by atoms with E-state index in [1.54, 1.807) is 11.3 Å². The van der Waals surface area contributed by atoms with Crippen LogP contribution in [0.3, 0.4) is 0 Å². The number of ether oxygens (including phenoxy) is 1. The average Bonchev–Trinajstić information content (AvgIpc) is 3.13. The first kappa shape index (κ1) is 28.1. The Morgan fingerprint density at radius 1 is 1.27 bits per heavy atom. The van der Waals surface area contributed by atoms with E-state index in [9.17, 15) is 15.0 Å². The van der Waals surface area contributed by atoms with Crippen LogP contribution in [0.25, 0.3) is 6.08 Å². The Morgan fingerprint density at radius 2 is 1.97 bits per heavy atom. The van der Waals surface area contributed by atoms with Crippen molar-refractivity contribution in [3.05, 3.63) is 33.3 Å².